The Balaban J connectivity index is 2.31. The Morgan fingerprint density at radius 2 is 1.71 bits per heavy atom. The van der Waals surface area contributed by atoms with Crippen molar-refractivity contribution in [2.75, 3.05) is 5.32 Å². The molecule has 2 nitrogen and oxygen atoms in total. The van der Waals surface area contributed by atoms with Crippen LogP contribution in [0.1, 0.15) is 0 Å². The first kappa shape index (κ1) is 12.6. The van der Waals surface area contributed by atoms with Crippen molar-refractivity contribution in [3.8, 4) is 0 Å². The number of hydrogen-bond donors (Lipinski definition) is 1. The molecule has 1 N–H and O–H groups in total. The normalized spacial score (nSPS) is 10.4. The van der Waals surface area contributed by atoms with E-state index < -0.39 is 5.82 Å². The minimum atomic E-state index is -0.619. The Bertz CT molecular complexity index is 540. The topological polar surface area (TPSA) is 24.9 Å². The van der Waals surface area contributed by atoms with E-state index in [0.29, 0.717) is 5.69 Å². The van der Waals surface area contributed by atoms with Crippen LogP contribution in [0.2, 0.25) is 10.0 Å². The Labute approximate surface area is 116 Å². The fourth-order valence-corrected chi connectivity index (χ4v) is 2.13. The van der Waals surface area contributed by atoms with E-state index in [0.717, 1.165) is 10.2 Å². The van der Waals surface area contributed by atoms with Gasteiger partial charge >= 0.3 is 0 Å². The predicted molar refractivity (Wildman–Crippen MR) is 71.6 cm³/mol. The molecule has 0 saturated carbocycles. The van der Waals surface area contributed by atoms with Crippen molar-refractivity contribution < 1.29 is 4.39 Å². The molecule has 17 heavy (non-hydrogen) atoms. The minimum absolute atomic E-state index is 0.0250. The molecule has 0 atom stereocenters. The SMILES string of the molecule is Fc1c(Cl)cc(Nc2cncc(Br)c2)cc1Cl. The maximum atomic E-state index is 13.2. The molecule has 1 aromatic heterocycles. The molecule has 0 aliphatic carbocycles. The summed E-state index contributed by atoms with van der Waals surface area (Å²) in [5.41, 5.74) is 1.35. The van der Waals surface area contributed by atoms with Crippen molar-refractivity contribution in [3.63, 3.8) is 0 Å². The number of benzene rings is 1. The molecule has 0 amide bonds. The van der Waals surface area contributed by atoms with Crippen LogP contribution >= 0.6 is 39.1 Å². The molecule has 0 saturated heterocycles. The molecular formula is C11H6BrCl2FN2. The summed E-state index contributed by atoms with van der Waals surface area (Å²) in [4.78, 5) is 3.99. The highest BCUT2D eigenvalue weighted by atomic mass is 79.9. The van der Waals surface area contributed by atoms with Crippen LogP contribution in [0.3, 0.4) is 0 Å². The third-order valence-electron chi connectivity index (χ3n) is 1.98. The first-order valence-corrected chi connectivity index (χ1v) is 6.13. The fourth-order valence-electron chi connectivity index (χ4n) is 1.27. The van der Waals surface area contributed by atoms with Gasteiger partial charge in [-0.2, -0.15) is 0 Å². The van der Waals surface area contributed by atoms with E-state index in [4.69, 9.17) is 23.2 Å². The molecule has 0 fully saturated rings. The number of pyridine rings is 1. The van der Waals surface area contributed by atoms with Gasteiger partial charge in [0, 0.05) is 16.4 Å². The first-order chi connectivity index (χ1) is 8.06. The van der Waals surface area contributed by atoms with Gasteiger partial charge in [0.25, 0.3) is 0 Å². The third kappa shape index (κ3) is 3.09. The van der Waals surface area contributed by atoms with E-state index in [1.54, 1.807) is 12.4 Å². The van der Waals surface area contributed by atoms with Gasteiger partial charge in [0.05, 0.1) is 21.9 Å². The second-order valence-electron chi connectivity index (χ2n) is 3.27. The summed E-state index contributed by atoms with van der Waals surface area (Å²) in [6.45, 7) is 0. The third-order valence-corrected chi connectivity index (χ3v) is 2.96. The highest BCUT2D eigenvalue weighted by Crippen LogP contribution is 2.29. The molecule has 0 aliphatic rings. The van der Waals surface area contributed by atoms with Crippen LogP contribution in [0, 0.1) is 5.82 Å². The molecule has 1 heterocycles. The van der Waals surface area contributed by atoms with E-state index in [-0.39, 0.29) is 10.0 Å². The first-order valence-electron chi connectivity index (χ1n) is 4.58. The lowest BCUT2D eigenvalue weighted by atomic mass is 10.3. The van der Waals surface area contributed by atoms with Gasteiger partial charge in [-0.15, -0.1) is 0 Å². The van der Waals surface area contributed by atoms with Crippen molar-refractivity contribution in [1.29, 1.82) is 0 Å². The summed E-state index contributed by atoms with van der Waals surface area (Å²) in [7, 11) is 0. The lowest BCUT2D eigenvalue weighted by Crippen LogP contribution is -1.92. The van der Waals surface area contributed by atoms with E-state index in [2.05, 4.69) is 26.2 Å². The number of anilines is 2. The van der Waals surface area contributed by atoms with E-state index in [1.807, 2.05) is 6.07 Å². The van der Waals surface area contributed by atoms with Crippen molar-refractivity contribution in [2.24, 2.45) is 0 Å². The molecule has 2 aromatic rings. The smallest absolute Gasteiger partial charge is 0.160 e. The average Bonchev–Trinajstić information content (AvgIpc) is 2.26. The van der Waals surface area contributed by atoms with Crippen molar-refractivity contribution >= 4 is 50.5 Å². The quantitative estimate of drug-likeness (QED) is 0.778. The molecule has 6 heteroatoms. The highest BCUT2D eigenvalue weighted by Gasteiger charge is 2.07. The second-order valence-corrected chi connectivity index (χ2v) is 5.00. The lowest BCUT2D eigenvalue weighted by Gasteiger charge is -2.08. The zero-order chi connectivity index (χ0) is 12.4. The van der Waals surface area contributed by atoms with E-state index in [1.165, 1.54) is 12.1 Å². The van der Waals surface area contributed by atoms with Crippen LogP contribution < -0.4 is 5.32 Å². The minimum Gasteiger partial charge on any atom is -0.354 e. The Hall–Kier alpha value is -0.840. The lowest BCUT2D eigenvalue weighted by molar-refractivity contribution is 0.629. The zero-order valence-corrected chi connectivity index (χ0v) is 11.4. The number of nitrogens with one attached hydrogen (secondary N) is 1. The van der Waals surface area contributed by atoms with Crippen LogP contribution in [-0.4, -0.2) is 4.98 Å². The van der Waals surface area contributed by atoms with E-state index in [9.17, 15) is 4.39 Å². The summed E-state index contributed by atoms with van der Waals surface area (Å²) in [5.74, 6) is -0.619. The highest BCUT2D eigenvalue weighted by molar-refractivity contribution is 9.10. The summed E-state index contributed by atoms with van der Waals surface area (Å²) in [5, 5.41) is 2.98. The standard InChI is InChI=1S/C11H6BrCl2FN2/c12-6-1-8(5-16-4-6)17-7-2-9(13)11(15)10(14)3-7/h1-5,17H. The van der Waals surface area contributed by atoms with Gasteiger partial charge in [0.2, 0.25) is 0 Å². The van der Waals surface area contributed by atoms with Crippen molar-refractivity contribution in [2.45, 2.75) is 0 Å². The molecule has 1 aromatic carbocycles. The molecule has 0 bridgehead atoms. The number of nitrogens with zero attached hydrogens (tertiary/aromatic N) is 1. The van der Waals surface area contributed by atoms with Gasteiger partial charge < -0.3 is 5.32 Å². The van der Waals surface area contributed by atoms with Crippen LogP contribution in [0.4, 0.5) is 15.8 Å². The van der Waals surface area contributed by atoms with Gasteiger partial charge in [-0.1, -0.05) is 23.2 Å². The molecule has 0 spiro atoms. The summed E-state index contributed by atoms with van der Waals surface area (Å²) in [6.07, 6.45) is 3.30. The molecule has 0 unspecified atom stereocenters. The number of halogens is 4. The summed E-state index contributed by atoms with van der Waals surface area (Å²) < 4.78 is 14.0. The Morgan fingerprint density at radius 3 is 2.29 bits per heavy atom. The fraction of sp³-hybridized carbons (Fsp3) is 0. The molecule has 0 aliphatic heterocycles. The van der Waals surface area contributed by atoms with Gasteiger partial charge in [-0.05, 0) is 34.1 Å². The van der Waals surface area contributed by atoms with Crippen LogP contribution in [0.15, 0.2) is 35.1 Å². The zero-order valence-electron chi connectivity index (χ0n) is 8.35. The maximum absolute atomic E-state index is 13.2. The van der Waals surface area contributed by atoms with Crippen LogP contribution in [0.25, 0.3) is 0 Å². The molecule has 2 rings (SSSR count). The Morgan fingerprint density at radius 1 is 1.06 bits per heavy atom. The maximum Gasteiger partial charge on any atom is 0.160 e. The Kier molecular flexibility index (Phi) is 3.86. The van der Waals surface area contributed by atoms with Gasteiger partial charge in [-0.3, -0.25) is 4.98 Å². The molecular weight excluding hydrogens is 330 g/mol. The summed E-state index contributed by atoms with van der Waals surface area (Å²) in [6, 6.07) is 4.76. The van der Waals surface area contributed by atoms with Crippen LogP contribution in [0.5, 0.6) is 0 Å². The average molecular weight is 336 g/mol. The van der Waals surface area contributed by atoms with Gasteiger partial charge in [0.15, 0.2) is 5.82 Å². The molecule has 88 valence electrons. The monoisotopic (exact) mass is 334 g/mol. The van der Waals surface area contributed by atoms with Crippen molar-refractivity contribution in [1.82, 2.24) is 4.98 Å². The second kappa shape index (κ2) is 5.21. The van der Waals surface area contributed by atoms with E-state index >= 15 is 0 Å². The van der Waals surface area contributed by atoms with Gasteiger partial charge in [-0.25, -0.2) is 4.39 Å². The van der Waals surface area contributed by atoms with Crippen LogP contribution in [-0.2, 0) is 0 Å². The number of rotatable bonds is 2. The number of hydrogen-bond acceptors (Lipinski definition) is 2. The largest absolute Gasteiger partial charge is 0.354 e. The predicted octanol–water partition coefficient (Wildman–Crippen LogP) is 5.03. The van der Waals surface area contributed by atoms with Crippen molar-refractivity contribution in [3.05, 3.63) is 50.9 Å². The number of aromatic nitrogens is 1. The summed E-state index contributed by atoms with van der Waals surface area (Å²) >= 11 is 14.7. The van der Waals surface area contributed by atoms with Gasteiger partial charge in [0.1, 0.15) is 0 Å². The molecule has 0 radical (unpaired) electrons.